The van der Waals surface area contributed by atoms with Gasteiger partial charge in [0.2, 0.25) is 11.6 Å². The second-order valence-electron chi connectivity index (χ2n) is 11.6. The second kappa shape index (κ2) is 12.9. The summed E-state index contributed by atoms with van der Waals surface area (Å²) < 4.78 is 28.8. The highest BCUT2D eigenvalue weighted by atomic mass is 35.5. The Morgan fingerprint density at radius 1 is 1.16 bits per heavy atom. The van der Waals surface area contributed by atoms with Gasteiger partial charge in [-0.2, -0.15) is 0 Å². The van der Waals surface area contributed by atoms with Gasteiger partial charge >= 0.3 is 0 Å². The van der Waals surface area contributed by atoms with Gasteiger partial charge in [0.05, 0.1) is 17.0 Å². The zero-order valence-electron chi connectivity index (χ0n) is 24.7. The number of thioether (sulfide) groups is 1. The molecule has 0 amide bonds. The van der Waals surface area contributed by atoms with Crippen LogP contribution in [-0.2, 0) is 4.79 Å². The number of benzene rings is 2. The number of aliphatic imine (C=N–C) groups is 2. The monoisotopic (exact) mass is 643 g/mol. The van der Waals surface area contributed by atoms with Crippen molar-refractivity contribution < 1.29 is 18.4 Å². The molecule has 0 bridgehead atoms. The molecule has 0 aliphatic carbocycles. The second-order valence-corrected chi connectivity index (χ2v) is 13.0. The van der Waals surface area contributed by atoms with Gasteiger partial charge in [0, 0.05) is 39.9 Å². The van der Waals surface area contributed by atoms with Crippen LogP contribution in [0.15, 0.2) is 118 Å². The molecule has 6 atom stereocenters. The zero-order chi connectivity index (χ0) is 31.8. The summed E-state index contributed by atoms with van der Waals surface area (Å²) in [4.78, 5) is 39.1. The molecule has 0 radical (unpaired) electrons. The summed E-state index contributed by atoms with van der Waals surface area (Å²) in [5, 5.41) is 1.98. The summed E-state index contributed by atoms with van der Waals surface area (Å²) in [5.74, 6) is -1.90. The average molecular weight is 644 g/mol. The van der Waals surface area contributed by atoms with E-state index in [9.17, 15) is 18.4 Å². The summed E-state index contributed by atoms with van der Waals surface area (Å²) >= 11 is 8.24. The molecular weight excluding hydrogens is 612 g/mol. The normalized spacial score (nSPS) is 25.5. The van der Waals surface area contributed by atoms with Crippen LogP contribution in [0.2, 0.25) is 5.02 Å². The minimum atomic E-state index is -1.17. The standard InChI is InChI=1S/C36H32ClF2N3O2S/c1-4-25(34(44)33(43)22-9-6-5-7-10-22)23-17-30-31(29-12-8-11-28(40-29)21(3)38)32(26-14-13-24(39)18-27(26)37)41-36(42(30)19-23)35-20(2)15-16-45-35/h4-10,12-16,18,21,23,25,28,32,35H,1-2,11,17,19H2,3H3/t21?,23-,25?,28?,32-,35?/m0/s1. The van der Waals surface area contributed by atoms with Crippen molar-refractivity contribution in [1.82, 2.24) is 4.90 Å². The third-order valence-electron chi connectivity index (χ3n) is 8.73. The SMILES string of the molecule is C=CC(C(=O)C(=O)c1ccccc1)[C@H]1CC2=C(C3=NC(C(C)F)CC=C3)[C@H](c3ccc(F)cc3Cl)N=C(C3SC=CC3=C)N2C1. The molecule has 0 saturated carbocycles. The number of nitrogens with zero attached hydrogens (tertiary/aromatic N) is 3. The maximum Gasteiger partial charge on any atom is 0.229 e. The Morgan fingerprint density at radius 3 is 2.60 bits per heavy atom. The third-order valence-corrected chi connectivity index (χ3v) is 10.1. The highest BCUT2D eigenvalue weighted by Gasteiger charge is 2.46. The Hall–Kier alpha value is -3.88. The molecule has 1 saturated heterocycles. The van der Waals surface area contributed by atoms with E-state index in [1.807, 2.05) is 23.6 Å². The van der Waals surface area contributed by atoms with E-state index in [1.165, 1.54) is 19.1 Å². The average Bonchev–Trinajstić information content (AvgIpc) is 3.67. The van der Waals surface area contributed by atoms with Gasteiger partial charge in [-0.3, -0.25) is 19.6 Å². The first-order chi connectivity index (χ1) is 21.7. The summed E-state index contributed by atoms with van der Waals surface area (Å²) in [5.41, 5.74) is 3.94. The molecule has 6 rings (SSSR count). The van der Waals surface area contributed by atoms with Crippen LogP contribution in [0, 0.1) is 17.7 Å². The Bertz CT molecular complexity index is 1730. The molecular formula is C36H32ClF2N3O2S. The third kappa shape index (κ3) is 5.93. The Labute approximate surface area is 270 Å². The number of halogens is 3. The molecule has 4 unspecified atom stereocenters. The van der Waals surface area contributed by atoms with Crippen molar-refractivity contribution in [3.8, 4) is 0 Å². The van der Waals surface area contributed by atoms with E-state index >= 15 is 0 Å². The smallest absolute Gasteiger partial charge is 0.229 e. The lowest BCUT2D eigenvalue weighted by molar-refractivity contribution is -0.118. The van der Waals surface area contributed by atoms with Gasteiger partial charge < -0.3 is 4.90 Å². The number of allylic oxidation sites excluding steroid dienone is 4. The number of Topliss-reactive ketones (excluding diaryl/α,β-unsaturated/α-hetero) is 2. The molecule has 45 heavy (non-hydrogen) atoms. The lowest BCUT2D eigenvalue weighted by atomic mass is 9.83. The first kappa shape index (κ1) is 31.1. The Balaban J connectivity index is 1.49. The molecule has 4 aliphatic heterocycles. The van der Waals surface area contributed by atoms with Crippen LogP contribution in [0.4, 0.5) is 8.78 Å². The summed E-state index contributed by atoms with van der Waals surface area (Å²) in [6.07, 6.45) is 6.98. The number of hydrogen-bond donors (Lipinski definition) is 0. The predicted octanol–water partition coefficient (Wildman–Crippen LogP) is 8.08. The van der Waals surface area contributed by atoms with Crippen molar-refractivity contribution in [2.45, 2.75) is 43.3 Å². The number of carbonyl (C=O) groups is 2. The summed E-state index contributed by atoms with van der Waals surface area (Å²) in [6.45, 7) is 10.1. The first-order valence-corrected chi connectivity index (χ1v) is 16.2. The number of rotatable bonds is 9. The molecule has 2 aromatic carbocycles. The number of alkyl halides is 1. The number of ketones is 2. The fraction of sp³-hybridized carbons (Fsp3) is 0.278. The predicted molar refractivity (Wildman–Crippen MR) is 178 cm³/mol. The van der Waals surface area contributed by atoms with E-state index in [0.717, 1.165) is 22.7 Å². The molecule has 0 aromatic heterocycles. The molecule has 1 fully saturated rings. The number of amidine groups is 1. The number of fused-ring (bicyclic) bond motifs is 1. The topological polar surface area (TPSA) is 62.1 Å². The number of dihydropyridines is 1. The first-order valence-electron chi connectivity index (χ1n) is 14.9. The lowest BCUT2D eigenvalue weighted by Gasteiger charge is -2.36. The fourth-order valence-electron chi connectivity index (χ4n) is 6.41. The lowest BCUT2D eigenvalue weighted by Crippen LogP contribution is -2.41. The zero-order valence-corrected chi connectivity index (χ0v) is 26.3. The van der Waals surface area contributed by atoms with Crippen molar-refractivity contribution in [2.24, 2.45) is 21.8 Å². The van der Waals surface area contributed by atoms with Crippen LogP contribution >= 0.6 is 23.4 Å². The highest BCUT2D eigenvalue weighted by Crippen LogP contribution is 2.47. The number of hydrogen-bond acceptors (Lipinski definition) is 6. The Kier molecular flexibility index (Phi) is 8.89. The van der Waals surface area contributed by atoms with E-state index in [4.69, 9.17) is 21.6 Å². The van der Waals surface area contributed by atoms with Crippen molar-refractivity contribution in [2.75, 3.05) is 6.54 Å². The molecule has 4 heterocycles. The van der Waals surface area contributed by atoms with Crippen LogP contribution in [0.3, 0.4) is 0 Å². The van der Waals surface area contributed by atoms with Crippen LogP contribution in [0.1, 0.15) is 41.7 Å². The van der Waals surface area contributed by atoms with Gasteiger partial charge in [-0.25, -0.2) is 8.78 Å². The minimum Gasteiger partial charge on any atom is -0.332 e. The largest absolute Gasteiger partial charge is 0.332 e. The molecule has 5 nitrogen and oxygen atoms in total. The molecule has 0 N–H and O–H groups in total. The van der Waals surface area contributed by atoms with E-state index < -0.39 is 41.6 Å². The molecule has 2 aromatic rings. The number of carbonyl (C=O) groups excluding carboxylic acids is 2. The van der Waals surface area contributed by atoms with Crippen molar-refractivity contribution in [3.05, 3.63) is 130 Å². The van der Waals surface area contributed by atoms with Crippen molar-refractivity contribution in [1.29, 1.82) is 0 Å². The maximum atomic E-state index is 14.6. The van der Waals surface area contributed by atoms with Crippen LogP contribution < -0.4 is 0 Å². The summed E-state index contributed by atoms with van der Waals surface area (Å²) in [7, 11) is 0. The van der Waals surface area contributed by atoms with Gasteiger partial charge in [0.25, 0.3) is 0 Å². The van der Waals surface area contributed by atoms with E-state index in [1.54, 1.807) is 54.2 Å². The van der Waals surface area contributed by atoms with E-state index in [0.29, 0.717) is 36.2 Å². The molecule has 4 aliphatic rings. The Morgan fingerprint density at radius 2 is 1.93 bits per heavy atom. The quantitative estimate of drug-likeness (QED) is 0.157. The van der Waals surface area contributed by atoms with E-state index in [2.05, 4.69) is 18.1 Å². The van der Waals surface area contributed by atoms with Crippen LogP contribution in [0.5, 0.6) is 0 Å². The van der Waals surface area contributed by atoms with Crippen molar-refractivity contribution >= 4 is 46.5 Å². The summed E-state index contributed by atoms with van der Waals surface area (Å²) in [6, 6.07) is 11.5. The molecule has 9 heteroatoms. The van der Waals surface area contributed by atoms with Gasteiger partial charge in [0.15, 0.2) is 0 Å². The fourth-order valence-corrected chi connectivity index (χ4v) is 7.66. The van der Waals surface area contributed by atoms with E-state index in [-0.39, 0.29) is 16.2 Å². The molecule has 230 valence electrons. The maximum absolute atomic E-state index is 14.6. The van der Waals surface area contributed by atoms with Gasteiger partial charge in [-0.15, -0.1) is 18.3 Å². The van der Waals surface area contributed by atoms with Gasteiger partial charge in [0.1, 0.15) is 23.9 Å². The van der Waals surface area contributed by atoms with Crippen LogP contribution in [-0.4, -0.2) is 52.0 Å². The van der Waals surface area contributed by atoms with Crippen LogP contribution in [0.25, 0.3) is 0 Å². The molecule has 0 spiro atoms. The van der Waals surface area contributed by atoms with Crippen molar-refractivity contribution in [3.63, 3.8) is 0 Å². The highest BCUT2D eigenvalue weighted by molar-refractivity contribution is 8.03. The van der Waals surface area contributed by atoms with Gasteiger partial charge in [-0.05, 0) is 54.9 Å². The minimum absolute atomic E-state index is 0.201. The van der Waals surface area contributed by atoms with Gasteiger partial charge in [-0.1, -0.05) is 72.8 Å².